The number of hydrogen-bond acceptors (Lipinski definition) is 1. The van der Waals surface area contributed by atoms with Crippen LogP contribution in [-0.2, 0) is 6.42 Å². The highest BCUT2D eigenvalue weighted by molar-refractivity contribution is 5.24. The summed E-state index contributed by atoms with van der Waals surface area (Å²) in [6, 6.07) is 8.65. The molecule has 0 unspecified atom stereocenters. The molecule has 0 radical (unpaired) electrons. The first-order valence-electron chi connectivity index (χ1n) is 6.71. The Morgan fingerprint density at radius 3 is 2.00 bits per heavy atom. The smallest absolute Gasteiger partial charge is 0.00949 e. The van der Waals surface area contributed by atoms with Crippen LogP contribution in [0.1, 0.15) is 38.8 Å². The van der Waals surface area contributed by atoms with Crippen molar-refractivity contribution in [3.05, 3.63) is 47.0 Å². The van der Waals surface area contributed by atoms with Gasteiger partial charge in [-0.1, -0.05) is 55.3 Å². The fourth-order valence-corrected chi connectivity index (χ4v) is 1.16. The van der Waals surface area contributed by atoms with Gasteiger partial charge in [-0.3, -0.25) is 0 Å². The summed E-state index contributed by atoms with van der Waals surface area (Å²) in [7, 11) is 3.75. The Kier molecular flexibility index (Phi) is 22.4. The Labute approximate surface area is 121 Å². The normalized spacial score (nSPS) is 7.42. The summed E-state index contributed by atoms with van der Waals surface area (Å²) in [5.74, 6) is 0. The van der Waals surface area contributed by atoms with Gasteiger partial charge < -0.3 is 5.32 Å². The molecule has 0 aliphatic heterocycles. The molecule has 0 bridgehead atoms. The highest BCUT2D eigenvalue weighted by Gasteiger charge is 1.89. The maximum atomic E-state index is 4.00. The average Bonchev–Trinajstić information content (AvgIpc) is 2.42. The summed E-state index contributed by atoms with van der Waals surface area (Å²) in [4.78, 5) is 0. The zero-order valence-electron chi connectivity index (χ0n) is 13.7. The lowest BCUT2D eigenvalue weighted by atomic mass is 10.1. The molecule has 0 saturated carbocycles. The summed E-state index contributed by atoms with van der Waals surface area (Å²) in [5, 5.41) is 2.75. The lowest BCUT2D eigenvalue weighted by Gasteiger charge is -1.98. The van der Waals surface area contributed by atoms with Crippen molar-refractivity contribution >= 4 is 0 Å². The lowest BCUT2D eigenvalue weighted by Crippen LogP contribution is -1.89. The molecular weight excluding hydrogens is 230 g/mol. The van der Waals surface area contributed by atoms with Gasteiger partial charge in [0.05, 0.1) is 0 Å². The van der Waals surface area contributed by atoms with Crippen LogP contribution >= 0.6 is 0 Å². The molecule has 0 spiro atoms. The van der Waals surface area contributed by atoms with E-state index in [0.29, 0.717) is 0 Å². The van der Waals surface area contributed by atoms with Gasteiger partial charge in [-0.25, -0.2) is 0 Å². The minimum absolute atomic E-state index is 1.06. The second-order valence-corrected chi connectivity index (χ2v) is 3.97. The van der Waals surface area contributed by atoms with E-state index >= 15 is 0 Å². The van der Waals surface area contributed by atoms with Crippen molar-refractivity contribution in [1.29, 1.82) is 0 Å². The summed E-state index contributed by atoms with van der Waals surface area (Å²) >= 11 is 0. The molecule has 0 aliphatic carbocycles. The van der Waals surface area contributed by atoms with Gasteiger partial charge in [0.2, 0.25) is 0 Å². The topological polar surface area (TPSA) is 12.0 Å². The average molecular weight is 261 g/mol. The predicted molar refractivity (Wildman–Crippen MR) is 90.5 cm³/mol. The van der Waals surface area contributed by atoms with E-state index in [1.165, 1.54) is 16.7 Å². The fourth-order valence-electron chi connectivity index (χ4n) is 1.16. The van der Waals surface area contributed by atoms with Crippen molar-refractivity contribution in [3.63, 3.8) is 0 Å². The van der Waals surface area contributed by atoms with Gasteiger partial charge in [-0.05, 0) is 46.9 Å². The molecule has 1 N–H and O–H groups in total. The van der Waals surface area contributed by atoms with Crippen molar-refractivity contribution < 1.29 is 0 Å². The zero-order valence-corrected chi connectivity index (χ0v) is 13.7. The SMILES string of the molecule is C#C.CC.CC(C)=CCc1cccc(C)c1.CNC. The molecule has 19 heavy (non-hydrogen) atoms. The Hall–Kier alpha value is -1.52. The van der Waals surface area contributed by atoms with Crippen molar-refractivity contribution in [1.82, 2.24) is 5.32 Å². The predicted octanol–water partition coefficient (Wildman–Crippen LogP) is 4.61. The zero-order chi connectivity index (χ0) is 15.7. The summed E-state index contributed by atoms with van der Waals surface area (Å²) in [6.07, 6.45) is 11.3. The highest BCUT2D eigenvalue weighted by Crippen LogP contribution is 2.06. The van der Waals surface area contributed by atoms with Crippen molar-refractivity contribution in [3.8, 4) is 12.8 Å². The van der Waals surface area contributed by atoms with Gasteiger partial charge in [0.15, 0.2) is 0 Å². The van der Waals surface area contributed by atoms with Crippen LogP contribution in [0, 0.1) is 19.8 Å². The molecule has 0 atom stereocenters. The van der Waals surface area contributed by atoms with Crippen LogP contribution in [0.2, 0.25) is 0 Å². The Morgan fingerprint density at radius 1 is 1.16 bits per heavy atom. The summed E-state index contributed by atoms with van der Waals surface area (Å²) in [6.45, 7) is 10.4. The number of aryl methyl sites for hydroxylation is 1. The Bertz CT molecular complexity index is 331. The monoisotopic (exact) mass is 261 g/mol. The molecule has 1 nitrogen and oxygen atoms in total. The molecule has 0 heterocycles. The Morgan fingerprint density at radius 2 is 1.63 bits per heavy atom. The second-order valence-electron chi connectivity index (χ2n) is 3.97. The van der Waals surface area contributed by atoms with E-state index in [9.17, 15) is 0 Å². The summed E-state index contributed by atoms with van der Waals surface area (Å²) < 4.78 is 0. The van der Waals surface area contributed by atoms with E-state index in [0.717, 1.165) is 6.42 Å². The lowest BCUT2D eigenvalue weighted by molar-refractivity contribution is 1.02. The minimum Gasteiger partial charge on any atom is -0.323 e. The van der Waals surface area contributed by atoms with Gasteiger partial charge in [0.1, 0.15) is 0 Å². The molecule has 108 valence electrons. The van der Waals surface area contributed by atoms with E-state index in [-0.39, 0.29) is 0 Å². The largest absolute Gasteiger partial charge is 0.323 e. The molecule has 0 fully saturated rings. The third-order valence-corrected chi connectivity index (χ3v) is 1.83. The van der Waals surface area contributed by atoms with Crippen molar-refractivity contribution in [2.24, 2.45) is 0 Å². The van der Waals surface area contributed by atoms with Crippen LogP contribution < -0.4 is 5.32 Å². The number of allylic oxidation sites excluding steroid dienone is 2. The number of benzene rings is 1. The van der Waals surface area contributed by atoms with Gasteiger partial charge in [0.25, 0.3) is 0 Å². The Balaban J connectivity index is -0.000000313. The first-order valence-corrected chi connectivity index (χ1v) is 6.71. The van der Waals surface area contributed by atoms with E-state index in [1.54, 1.807) is 0 Å². The van der Waals surface area contributed by atoms with Gasteiger partial charge in [0, 0.05) is 0 Å². The van der Waals surface area contributed by atoms with Gasteiger partial charge >= 0.3 is 0 Å². The third-order valence-electron chi connectivity index (χ3n) is 1.83. The maximum absolute atomic E-state index is 4.00. The molecular formula is C18H31N. The standard InChI is InChI=1S/C12H16.C2H7N.C2H6.C2H2/c1-10(2)7-8-12-6-4-5-11(3)9-12;1-3-2;2*1-2/h4-7,9H,8H2,1-3H3;3H,1-2H3;1-2H3;1-2H. The molecule has 1 heteroatoms. The van der Waals surface area contributed by atoms with Crippen molar-refractivity contribution in [2.75, 3.05) is 14.1 Å². The van der Waals surface area contributed by atoms with Crippen LogP contribution in [0.25, 0.3) is 0 Å². The fraction of sp³-hybridized carbons (Fsp3) is 0.444. The van der Waals surface area contributed by atoms with Crippen molar-refractivity contribution in [2.45, 2.75) is 41.0 Å². The molecule has 0 saturated heterocycles. The van der Waals surface area contributed by atoms with Crippen LogP contribution in [0.5, 0.6) is 0 Å². The molecule has 0 aliphatic rings. The van der Waals surface area contributed by atoms with Crippen LogP contribution in [0.15, 0.2) is 35.9 Å². The van der Waals surface area contributed by atoms with Crippen LogP contribution in [0.4, 0.5) is 0 Å². The van der Waals surface area contributed by atoms with Gasteiger partial charge in [-0.2, -0.15) is 0 Å². The minimum atomic E-state index is 1.06. The van der Waals surface area contributed by atoms with Crippen LogP contribution in [0.3, 0.4) is 0 Å². The molecule has 0 amide bonds. The first kappa shape index (κ1) is 22.6. The molecule has 0 aromatic heterocycles. The molecule has 1 rings (SSSR count). The maximum Gasteiger partial charge on any atom is -0.00949 e. The molecule has 1 aromatic rings. The molecule has 1 aromatic carbocycles. The van der Waals surface area contributed by atoms with Crippen LogP contribution in [-0.4, -0.2) is 14.1 Å². The van der Waals surface area contributed by atoms with E-state index < -0.39 is 0 Å². The first-order chi connectivity index (χ1) is 9.10. The number of rotatable bonds is 2. The quantitative estimate of drug-likeness (QED) is 0.605. The third kappa shape index (κ3) is 19.0. The summed E-state index contributed by atoms with van der Waals surface area (Å²) in [5.41, 5.74) is 4.13. The number of nitrogens with one attached hydrogen (secondary N) is 1. The van der Waals surface area contributed by atoms with E-state index in [1.807, 2.05) is 27.9 Å². The van der Waals surface area contributed by atoms with E-state index in [2.05, 4.69) is 69.3 Å². The van der Waals surface area contributed by atoms with E-state index in [4.69, 9.17) is 0 Å². The number of hydrogen-bond donors (Lipinski definition) is 1. The highest BCUT2D eigenvalue weighted by atomic mass is 14.7. The number of terminal acetylenes is 1. The van der Waals surface area contributed by atoms with Gasteiger partial charge in [-0.15, -0.1) is 12.8 Å². The second kappa shape index (κ2) is 18.8.